The van der Waals surface area contributed by atoms with E-state index in [1.165, 1.54) is 25.7 Å². The van der Waals surface area contributed by atoms with Gasteiger partial charge < -0.3 is 9.88 Å². The second-order valence-electron chi connectivity index (χ2n) is 4.07. The van der Waals surface area contributed by atoms with Gasteiger partial charge in [0.25, 0.3) is 0 Å². The smallest absolute Gasteiger partial charge is 0.0484 e. The third-order valence-electron chi connectivity index (χ3n) is 3.24. The minimum Gasteiger partial charge on any atom is -0.347 e. The fraction of sp³-hybridized carbons (Fsp3) is 0.333. The predicted molar refractivity (Wildman–Crippen MR) is 71.0 cm³/mol. The van der Waals surface area contributed by atoms with Crippen LogP contribution in [0.1, 0.15) is 11.3 Å². The molecule has 1 aromatic heterocycles. The molecule has 0 radical (unpaired) electrons. The number of hydrogen-bond acceptors (Lipinski definition) is 1. The predicted octanol–water partition coefficient (Wildman–Crippen LogP) is 2.43. The lowest BCUT2D eigenvalue weighted by Gasteiger charge is -2.14. The van der Waals surface area contributed by atoms with Crippen LogP contribution in [0.2, 0.25) is 0 Å². The molecular formula is C12H13IN2. The van der Waals surface area contributed by atoms with Crippen molar-refractivity contribution in [2.75, 3.05) is 6.54 Å². The number of halogens is 1. The number of nitrogens with one attached hydrogen (secondary N) is 1. The van der Waals surface area contributed by atoms with E-state index in [1.807, 2.05) is 0 Å². The van der Waals surface area contributed by atoms with E-state index in [4.69, 9.17) is 0 Å². The first-order valence-electron chi connectivity index (χ1n) is 5.24. The summed E-state index contributed by atoms with van der Waals surface area (Å²) in [5.74, 6) is 0. The molecule has 2 heterocycles. The summed E-state index contributed by atoms with van der Waals surface area (Å²) in [4.78, 5) is 0. The van der Waals surface area contributed by atoms with Crippen molar-refractivity contribution < 1.29 is 0 Å². The van der Waals surface area contributed by atoms with Gasteiger partial charge in [-0.25, -0.2) is 0 Å². The van der Waals surface area contributed by atoms with Gasteiger partial charge in [-0.1, -0.05) is 0 Å². The highest BCUT2D eigenvalue weighted by molar-refractivity contribution is 14.1. The molecule has 2 nitrogen and oxygen atoms in total. The molecule has 2 aromatic rings. The molecule has 0 unspecified atom stereocenters. The van der Waals surface area contributed by atoms with Gasteiger partial charge in [0.05, 0.1) is 0 Å². The Hall–Kier alpha value is -0.550. The van der Waals surface area contributed by atoms with Gasteiger partial charge in [-0.2, -0.15) is 0 Å². The van der Waals surface area contributed by atoms with Crippen LogP contribution < -0.4 is 5.32 Å². The second kappa shape index (κ2) is 3.49. The number of rotatable bonds is 0. The van der Waals surface area contributed by atoms with Crippen LogP contribution in [0.3, 0.4) is 0 Å². The number of nitrogens with zero attached hydrogens (tertiary/aromatic N) is 1. The molecule has 1 aliphatic heterocycles. The number of aryl methyl sites for hydroxylation is 1. The summed E-state index contributed by atoms with van der Waals surface area (Å²) in [5, 5.41) is 4.87. The van der Waals surface area contributed by atoms with Crippen molar-refractivity contribution in [1.82, 2.24) is 9.88 Å². The Morgan fingerprint density at radius 3 is 3.13 bits per heavy atom. The average Bonchev–Trinajstić information content (AvgIpc) is 2.54. The number of fused-ring (bicyclic) bond motifs is 3. The number of aromatic nitrogens is 1. The van der Waals surface area contributed by atoms with Crippen LogP contribution in [0.25, 0.3) is 10.9 Å². The summed E-state index contributed by atoms with van der Waals surface area (Å²) in [6.07, 6.45) is 1.15. The molecule has 0 fully saturated rings. The average molecular weight is 312 g/mol. The monoisotopic (exact) mass is 312 g/mol. The quantitative estimate of drug-likeness (QED) is 0.739. The first kappa shape index (κ1) is 9.66. The van der Waals surface area contributed by atoms with Crippen molar-refractivity contribution in [1.29, 1.82) is 0 Å². The van der Waals surface area contributed by atoms with Gasteiger partial charge >= 0.3 is 0 Å². The largest absolute Gasteiger partial charge is 0.347 e. The second-order valence-corrected chi connectivity index (χ2v) is 5.32. The Morgan fingerprint density at radius 2 is 2.27 bits per heavy atom. The Balaban J connectivity index is 2.39. The first-order valence-corrected chi connectivity index (χ1v) is 6.31. The van der Waals surface area contributed by atoms with Gasteiger partial charge in [0.1, 0.15) is 0 Å². The first-order chi connectivity index (χ1) is 7.27. The molecule has 0 saturated heterocycles. The van der Waals surface area contributed by atoms with E-state index in [1.54, 1.807) is 0 Å². The van der Waals surface area contributed by atoms with E-state index >= 15 is 0 Å². The van der Waals surface area contributed by atoms with Crippen LogP contribution >= 0.6 is 22.6 Å². The third kappa shape index (κ3) is 1.40. The van der Waals surface area contributed by atoms with Gasteiger partial charge in [-0.05, 0) is 46.4 Å². The molecule has 1 aliphatic rings. The van der Waals surface area contributed by atoms with Crippen LogP contribution in [0.4, 0.5) is 0 Å². The van der Waals surface area contributed by atoms with E-state index in [0.717, 1.165) is 19.5 Å². The Kier molecular flexibility index (Phi) is 2.25. The van der Waals surface area contributed by atoms with Gasteiger partial charge in [0, 0.05) is 46.7 Å². The maximum Gasteiger partial charge on any atom is 0.0484 e. The van der Waals surface area contributed by atoms with Crippen LogP contribution in [-0.4, -0.2) is 11.1 Å². The van der Waals surface area contributed by atoms with Crippen LogP contribution in [0, 0.1) is 3.57 Å². The van der Waals surface area contributed by atoms with Crippen molar-refractivity contribution in [3.63, 3.8) is 0 Å². The lowest BCUT2D eigenvalue weighted by atomic mass is 10.1. The van der Waals surface area contributed by atoms with Crippen molar-refractivity contribution in [2.24, 2.45) is 7.05 Å². The van der Waals surface area contributed by atoms with Crippen molar-refractivity contribution >= 4 is 33.5 Å². The standard InChI is InChI=1S/C12H13IN2/c1-15-11-3-2-8(13)6-9(11)10-7-14-5-4-12(10)15/h2-3,6,14H,4-5,7H2,1H3. The highest BCUT2D eigenvalue weighted by atomic mass is 127. The summed E-state index contributed by atoms with van der Waals surface area (Å²) < 4.78 is 3.67. The summed E-state index contributed by atoms with van der Waals surface area (Å²) in [6, 6.07) is 6.71. The minimum atomic E-state index is 1.02. The molecule has 78 valence electrons. The molecular weight excluding hydrogens is 299 g/mol. The summed E-state index contributed by atoms with van der Waals surface area (Å²) >= 11 is 2.38. The maximum atomic E-state index is 3.45. The minimum absolute atomic E-state index is 1.02. The van der Waals surface area contributed by atoms with Crippen molar-refractivity contribution in [3.05, 3.63) is 33.0 Å². The lowest BCUT2D eigenvalue weighted by molar-refractivity contribution is 0.622. The third-order valence-corrected chi connectivity index (χ3v) is 3.91. The van der Waals surface area contributed by atoms with Crippen molar-refractivity contribution in [3.8, 4) is 0 Å². The molecule has 0 atom stereocenters. The van der Waals surface area contributed by atoms with E-state index in [0.29, 0.717) is 0 Å². The van der Waals surface area contributed by atoms with Gasteiger partial charge in [-0.15, -0.1) is 0 Å². The zero-order chi connectivity index (χ0) is 10.4. The maximum absolute atomic E-state index is 3.45. The molecule has 0 spiro atoms. The van der Waals surface area contributed by atoms with Gasteiger partial charge in [-0.3, -0.25) is 0 Å². The zero-order valence-electron chi connectivity index (χ0n) is 8.68. The summed E-state index contributed by atoms with van der Waals surface area (Å²) in [6.45, 7) is 2.13. The fourth-order valence-electron chi connectivity index (χ4n) is 2.48. The highest BCUT2D eigenvalue weighted by Crippen LogP contribution is 2.28. The van der Waals surface area contributed by atoms with E-state index < -0.39 is 0 Å². The highest BCUT2D eigenvalue weighted by Gasteiger charge is 2.17. The topological polar surface area (TPSA) is 17.0 Å². The molecule has 15 heavy (non-hydrogen) atoms. The van der Waals surface area contributed by atoms with Crippen LogP contribution in [-0.2, 0) is 20.0 Å². The van der Waals surface area contributed by atoms with Crippen LogP contribution in [0.5, 0.6) is 0 Å². The van der Waals surface area contributed by atoms with Crippen LogP contribution in [0.15, 0.2) is 18.2 Å². The molecule has 0 aliphatic carbocycles. The SMILES string of the molecule is Cn1c2c(c3cc(I)ccc31)CNCC2. The molecule has 3 heteroatoms. The molecule has 0 bridgehead atoms. The van der Waals surface area contributed by atoms with Gasteiger partial charge in [0.2, 0.25) is 0 Å². The summed E-state index contributed by atoms with van der Waals surface area (Å²) in [5.41, 5.74) is 4.37. The van der Waals surface area contributed by atoms with E-state index in [-0.39, 0.29) is 0 Å². The molecule has 0 saturated carbocycles. The van der Waals surface area contributed by atoms with E-state index in [9.17, 15) is 0 Å². The Bertz CT molecular complexity index is 528. The lowest BCUT2D eigenvalue weighted by Crippen LogP contribution is -2.24. The molecule has 1 aromatic carbocycles. The summed E-state index contributed by atoms with van der Waals surface area (Å²) in [7, 11) is 2.18. The number of hydrogen-bond donors (Lipinski definition) is 1. The fourth-order valence-corrected chi connectivity index (χ4v) is 2.97. The van der Waals surface area contributed by atoms with Gasteiger partial charge in [0.15, 0.2) is 0 Å². The zero-order valence-corrected chi connectivity index (χ0v) is 10.8. The molecule has 3 rings (SSSR count). The van der Waals surface area contributed by atoms with Crippen molar-refractivity contribution in [2.45, 2.75) is 13.0 Å². The number of benzene rings is 1. The Morgan fingerprint density at radius 1 is 1.40 bits per heavy atom. The molecule has 0 amide bonds. The van der Waals surface area contributed by atoms with E-state index in [2.05, 4.69) is 57.7 Å². The molecule has 1 N–H and O–H groups in total. The Labute approximate surface area is 103 Å². The normalized spacial score (nSPS) is 15.6.